The van der Waals surface area contributed by atoms with Crippen LogP contribution in [-0.4, -0.2) is 31.0 Å². The van der Waals surface area contributed by atoms with Gasteiger partial charge in [-0.2, -0.15) is 13.4 Å². The number of oxazole rings is 1. The smallest absolute Gasteiger partial charge is 0.376 e. The van der Waals surface area contributed by atoms with Gasteiger partial charge in [0.15, 0.2) is 5.03 Å². The second-order valence-electron chi connectivity index (χ2n) is 4.66. The first kappa shape index (κ1) is 15.0. The predicted molar refractivity (Wildman–Crippen MR) is 77.4 cm³/mol. The highest BCUT2D eigenvalue weighted by Crippen LogP contribution is 2.42. The third-order valence-corrected chi connectivity index (χ3v) is 4.94. The molecule has 0 bridgehead atoms. The van der Waals surface area contributed by atoms with Crippen molar-refractivity contribution < 1.29 is 22.4 Å². The number of thiazole rings is 1. The zero-order valence-corrected chi connectivity index (χ0v) is 13.2. The number of carbonyl (C=O) groups is 1. The van der Waals surface area contributed by atoms with E-state index >= 15 is 0 Å². The molecule has 0 saturated heterocycles. The SMILES string of the molecule is CCOC(=O)c1oc(NS(=O)(=O)c2cscn2)nc1C1CC1. The number of carbonyl (C=O) groups excluding carboxylic acids is 1. The van der Waals surface area contributed by atoms with Crippen molar-refractivity contribution in [2.24, 2.45) is 0 Å². The molecule has 2 heterocycles. The van der Waals surface area contributed by atoms with Crippen LogP contribution in [-0.2, 0) is 14.8 Å². The Morgan fingerprint density at radius 3 is 2.91 bits per heavy atom. The van der Waals surface area contributed by atoms with Gasteiger partial charge in [-0.3, -0.25) is 0 Å². The van der Waals surface area contributed by atoms with Crippen LogP contribution in [0.4, 0.5) is 6.01 Å². The fourth-order valence-corrected chi connectivity index (χ4v) is 3.62. The molecule has 0 unspecified atom stereocenters. The zero-order valence-electron chi connectivity index (χ0n) is 11.6. The Balaban J connectivity index is 1.89. The van der Waals surface area contributed by atoms with E-state index in [-0.39, 0.29) is 29.3 Å². The van der Waals surface area contributed by atoms with Gasteiger partial charge >= 0.3 is 12.0 Å². The van der Waals surface area contributed by atoms with Gasteiger partial charge in [0, 0.05) is 11.3 Å². The summed E-state index contributed by atoms with van der Waals surface area (Å²) < 4.78 is 36.5. The van der Waals surface area contributed by atoms with Gasteiger partial charge in [0.25, 0.3) is 10.0 Å². The van der Waals surface area contributed by atoms with Crippen LogP contribution in [0.5, 0.6) is 0 Å². The summed E-state index contributed by atoms with van der Waals surface area (Å²) in [5, 5.41) is 1.26. The van der Waals surface area contributed by atoms with Gasteiger partial charge in [-0.25, -0.2) is 14.5 Å². The van der Waals surface area contributed by atoms with Gasteiger partial charge in [0.1, 0.15) is 0 Å². The molecule has 2 aromatic rings. The van der Waals surface area contributed by atoms with Crippen LogP contribution in [0.2, 0.25) is 0 Å². The van der Waals surface area contributed by atoms with E-state index in [1.54, 1.807) is 6.92 Å². The van der Waals surface area contributed by atoms with Crippen molar-refractivity contribution in [3.8, 4) is 0 Å². The number of nitrogens with one attached hydrogen (secondary N) is 1. The first-order valence-electron chi connectivity index (χ1n) is 6.60. The molecule has 0 radical (unpaired) electrons. The largest absolute Gasteiger partial charge is 0.460 e. The van der Waals surface area contributed by atoms with Crippen LogP contribution in [0.25, 0.3) is 0 Å². The Bertz CT molecular complexity index is 778. The summed E-state index contributed by atoms with van der Waals surface area (Å²) in [4.78, 5) is 19.7. The molecule has 0 amide bonds. The number of nitrogens with zero attached hydrogens (tertiary/aromatic N) is 2. The van der Waals surface area contributed by atoms with E-state index in [4.69, 9.17) is 9.15 Å². The third kappa shape index (κ3) is 2.97. The molecule has 2 aromatic heterocycles. The minimum Gasteiger partial charge on any atom is -0.460 e. The van der Waals surface area contributed by atoms with Crippen LogP contribution in [0.15, 0.2) is 20.3 Å². The monoisotopic (exact) mass is 343 g/mol. The summed E-state index contributed by atoms with van der Waals surface area (Å²) in [6.45, 7) is 1.88. The molecule has 3 rings (SSSR count). The number of rotatable bonds is 6. The van der Waals surface area contributed by atoms with Crippen molar-refractivity contribution in [2.75, 3.05) is 11.3 Å². The number of hydrogen-bond acceptors (Lipinski definition) is 8. The standard InChI is InChI=1S/C12H13N3O5S2/c1-2-19-11(16)10-9(7-3-4-7)14-12(20-10)15-22(17,18)8-5-21-6-13-8/h5-7H,2-4H2,1H3,(H,14,15). The van der Waals surface area contributed by atoms with Crippen LogP contribution in [0.3, 0.4) is 0 Å². The van der Waals surface area contributed by atoms with Gasteiger partial charge in [0.2, 0.25) is 5.76 Å². The lowest BCUT2D eigenvalue weighted by molar-refractivity contribution is 0.0489. The minimum atomic E-state index is -3.88. The molecule has 0 atom stereocenters. The van der Waals surface area contributed by atoms with E-state index in [0.717, 1.165) is 24.2 Å². The maximum Gasteiger partial charge on any atom is 0.376 e. The van der Waals surface area contributed by atoms with E-state index in [0.29, 0.717) is 5.69 Å². The molecule has 22 heavy (non-hydrogen) atoms. The van der Waals surface area contributed by atoms with Crippen LogP contribution < -0.4 is 4.72 Å². The maximum atomic E-state index is 12.1. The predicted octanol–water partition coefficient (Wildman–Crippen LogP) is 1.99. The second-order valence-corrected chi connectivity index (χ2v) is 7.01. The summed E-state index contributed by atoms with van der Waals surface area (Å²) in [7, 11) is -3.88. The fourth-order valence-electron chi connectivity index (χ4n) is 1.85. The summed E-state index contributed by atoms with van der Waals surface area (Å²) in [5.74, 6) is -0.572. The quantitative estimate of drug-likeness (QED) is 0.798. The van der Waals surface area contributed by atoms with Crippen LogP contribution >= 0.6 is 11.3 Å². The summed E-state index contributed by atoms with van der Waals surface area (Å²) in [6, 6.07) is -0.252. The number of esters is 1. The van der Waals surface area contributed by atoms with Crippen molar-refractivity contribution in [2.45, 2.75) is 30.7 Å². The number of ether oxygens (including phenoxy) is 1. The molecule has 10 heteroatoms. The molecule has 8 nitrogen and oxygen atoms in total. The average Bonchev–Trinajstić information content (AvgIpc) is 3.00. The van der Waals surface area contributed by atoms with Crippen molar-refractivity contribution in [1.29, 1.82) is 0 Å². The van der Waals surface area contributed by atoms with E-state index in [2.05, 4.69) is 14.7 Å². The van der Waals surface area contributed by atoms with E-state index in [1.165, 1.54) is 10.9 Å². The summed E-state index contributed by atoms with van der Waals surface area (Å²) >= 11 is 1.16. The van der Waals surface area contributed by atoms with Gasteiger partial charge in [-0.05, 0) is 19.8 Å². The molecule has 0 spiro atoms. The van der Waals surface area contributed by atoms with Crippen molar-refractivity contribution in [1.82, 2.24) is 9.97 Å². The molecule has 1 fully saturated rings. The third-order valence-electron chi connectivity index (χ3n) is 2.98. The number of sulfonamides is 1. The topological polar surface area (TPSA) is 111 Å². The Morgan fingerprint density at radius 2 is 2.32 bits per heavy atom. The molecule has 0 aromatic carbocycles. The molecular formula is C12H13N3O5S2. The summed E-state index contributed by atoms with van der Waals surface area (Å²) in [5.41, 5.74) is 1.85. The van der Waals surface area contributed by atoms with E-state index in [9.17, 15) is 13.2 Å². The molecule has 1 saturated carbocycles. The van der Waals surface area contributed by atoms with Crippen molar-refractivity contribution in [3.05, 3.63) is 22.3 Å². The Morgan fingerprint density at radius 1 is 1.55 bits per heavy atom. The Kier molecular flexibility index (Phi) is 3.87. The molecule has 1 aliphatic carbocycles. The number of anilines is 1. The number of aromatic nitrogens is 2. The molecule has 1 N–H and O–H groups in total. The van der Waals surface area contributed by atoms with Crippen LogP contribution in [0, 0.1) is 0 Å². The van der Waals surface area contributed by atoms with E-state index in [1.807, 2.05) is 0 Å². The summed E-state index contributed by atoms with van der Waals surface area (Å²) in [6.07, 6.45) is 1.77. The van der Waals surface area contributed by atoms with Crippen molar-refractivity contribution in [3.63, 3.8) is 0 Å². The van der Waals surface area contributed by atoms with E-state index < -0.39 is 16.0 Å². The highest BCUT2D eigenvalue weighted by atomic mass is 32.2. The molecule has 0 aliphatic heterocycles. The lowest BCUT2D eigenvalue weighted by Crippen LogP contribution is -2.13. The average molecular weight is 343 g/mol. The van der Waals surface area contributed by atoms with Crippen LogP contribution in [0.1, 0.15) is 41.9 Å². The maximum absolute atomic E-state index is 12.1. The van der Waals surface area contributed by atoms with Gasteiger partial charge in [-0.15, -0.1) is 11.3 Å². The highest BCUT2D eigenvalue weighted by molar-refractivity contribution is 7.92. The van der Waals surface area contributed by atoms with Gasteiger partial charge in [-0.1, -0.05) is 0 Å². The Labute approximate surface area is 130 Å². The van der Waals surface area contributed by atoms with Crippen molar-refractivity contribution >= 4 is 33.3 Å². The van der Waals surface area contributed by atoms with Gasteiger partial charge in [0.05, 0.1) is 17.8 Å². The minimum absolute atomic E-state index is 0.0414. The zero-order chi connectivity index (χ0) is 15.7. The fraction of sp³-hybridized carbons (Fsp3) is 0.417. The second kappa shape index (κ2) is 5.69. The molecule has 1 aliphatic rings. The lowest BCUT2D eigenvalue weighted by atomic mass is 10.2. The molecular weight excluding hydrogens is 330 g/mol. The lowest BCUT2D eigenvalue weighted by Gasteiger charge is -2.00. The first-order chi connectivity index (χ1) is 10.5. The highest BCUT2D eigenvalue weighted by Gasteiger charge is 2.35. The Hall–Kier alpha value is -1.94. The number of hydrogen-bond donors (Lipinski definition) is 1. The normalized spacial score (nSPS) is 14.8. The first-order valence-corrected chi connectivity index (χ1v) is 9.02. The molecule has 118 valence electrons. The van der Waals surface area contributed by atoms with Gasteiger partial charge < -0.3 is 9.15 Å².